The van der Waals surface area contributed by atoms with E-state index < -0.39 is 0 Å². The Kier molecular flexibility index (Phi) is 6.89. The summed E-state index contributed by atoms with van der Waals surface area (Å²) in [6.45, 7) is 9.20. The molecule has 182 valence electrons. The average molecular weight is 465 g/mol. The molecule has 2 aromatic carbocycles. The number of fused-ring (bicyclic) bond motifs is 2. The Morgan fingerprint density at radius 2 is 2.03 bits per heavy atom. The molecule has 6 nitrogen and oxygen atoms in total. The normalized spacial score (nSPS) is 21.7. The summed E-state index contributed by atoms with van der Waals surface area (Å²) in [5.41, 5.74) is 3.46. The van der Waals surface area contributed by atoms with Crippen molar-refractivity contribution in [3.63, 3.8) is 0 Å². The molecule has 3 N–H and O–H groups in total. The largest absolute Gasteiger partial charge is 0.508 e. The number of ether oxygens (including phenoxy) is 1. The van der Waals surface area contributed by atoms with Crippen molar-refractivity contribution in [2.24, 2.45) is 5.92 Å². The lowest BCUT2D eigenvalue weighted by molar-refractivity contribution is 0.0986. The van der Waals surface area contributed by atoms with Crippen molar-refractivity contribution in [1.29, 1.82) is 0 Å². The van der Waals surface area contributed by atoms with Gasteiger partial charge in [-0.15, -0.1) is 0 Å². The molecule has 3 unspecified atom stereocenters. The zero-order valence-corrected chi connectivity index (χ0v) is 20.6. The van der Waals surface area contributed by atoms with Crippen LogP contribution in [-0.2, 0) is 4.74 Å². The zero-order chi connectivity index (χ0) is 24.5. The maximum absolute atomic E-state index is 13.5. The first-order valence-electron chi connectivity index (χ1n) is 12.2. The first-order chi connectivity index (χ1) is 16.2. The highest BCUT2D eigenvalue weighted by molar-refractivity contribution is 6.14. The van der Waals surface area contributed by atoms with Gasteiger partial charge in [-0.2, -0.15) is 0 Å². The molecule has 1 saturated heterocycles. The predicted molar refractivity (Wildman–Crippen MR) is 136 cm³/mol. The zero-order valence-electron chi connectivity index (χ0n) is 20.6. The van der Waals surface area contributed by atoms with E-state index in [1.165, 1.54) is 5.57 Å². The number of benzene rings is 2. The van der Waals surface area contributed by atoms with E-state index in [0.717, 1.165) is 32.1 Å². The third-order valence-corrected chi connectivity index (χ3v) is 7.05. The van der Waals surface area contributed by atoms with Crippen LogP contribution < -0.4 is 10.2 Å². The van der Waals surface area contributed by atoms with E-state index in [9.17, 15) is 15.0 Å². The van der Waals surface area contributed by atoms with E-state index in [1.807, 2.05) is 0 Å². The summed E-state index contributed by atoms with van der Waals surface area (Å²) >= 11 is 0. The Balaban J connectivity index is 1.40. The molecule has 2 aromatic rings. The molecule has 0 bridgehead atoms. The minimum absolute atomic E-state index is 0.000269. The van der Waals surface area contributed by atoms with Crippen LogP contribution in [0.5, 0.6) is 11.5 Å². The van der Waals surface area contributed by atoms with E-state index >= 15 is 0 Å². The summed E-state index contributed by atoms with van der Waals surface area (Å²) in [7, 11) is 0. The number of nitrogens with zero attached hydrogens (tertiary/aromatic N) is 1. The lowest BCUT2D eigenvalue weighted by atomic mass is 9.93. The van der Waals surface area contributed by atoms with E-state index in [0.29, 0.717) is 41.2 Å². The number of phenols is 2. The Bertz CT molecular complexity index is 1090. The van der Waals surface area contributed by atoms with Gasteiger partial charge in [-0.1, -0.05) is 24.6 Å². The quantitative estimate of drug-likeness (QED) is 0.170. The van der Waals surface area contributed by atoms with Gasteiger partial charge in [0.15, 0.2) is 0 Å². The van der Waals surface area contributed by atoms with Crippen LogP contribution in [0, 0.1) is 5.92 Å². The van der Waals surface area contributed by atoms with Crippen molar-refractivity contribution in [3.8, 4) is 11.5 Å². The highest BCUT2D eigenvalue weighted by atomic mass is 16.6. The second kappa shape index (κ2) is 9.71. The first-order valence-corrected chi connectivity index (χ1v) is 12.2. The summed E-state index contributed by atoms with van der Waals surface area (Å²) in [6, 6.07) is 9.86. The summed E-state index contributed by atoms with van der Waals surface area (Å²) in [5, 5.41) is 23.6. The summed E-state index contributed by atoms with van der Waals surface area (Å²) < 4.78 is 6.02. The molecule has 0 aromatic heterocycles. The topological polar surface area (TPSA) is 85.3 Å². The number of aromatic hydroxyl groups is 2. The maximum atomic E-state index is 13.5. The number of carbonyl (C=O) groups is 1. The van der Waals surface area contributed by atoms with Crippen molar-refractivity contribution in [1.82, 2.24) is 0 Å². The highest BCUT2D eigenvalue weighted by Crippen LogP contribution is 2.44. The number of carbonyl (C=O) groups excluding carboxylic acids is 1. The van der Waals surface area contributed by atoms with Gasteiger partial charge in [-0.25, -0.2) is 0 Å². The van der Waals surface area contributed by atoms with E-state index in [2.05, 4.69) is 39.1 Å². The summed E-state index contributed by atoms with van der Waals surface area (Å²) in [6.07, 6.45) is 7.59. The Morgan fingerprint density at radius 3 is 2.79 bits per heavy atom. The number of anilines is 3. The highest BCUT2D eigenvalue weighted by Gasteiger charge is 2.50. The van der Waals surface area contributed by atoms with Crippen molar-refractivity contribution >= 4 is 23.0 Å². The van der Waals surface area contributed by atoms with Gasteiger partial charge in [0, 0.05) is 12.6 Å². The van der Waals surface area contributed by atoms with Crippen molar-refractivity contribution in [2.45, 2.75) is 71.5 Å². The van der Waals surface area contributed by atoms with Gasteiger partial charge in [0.2, 0.25) is 0 Å². The predicted octanol–water partition coefficient (Wildman–Crippen LogP) is 6.51. The monoisotopic (exact) mass is 464 g/mol. The molecule has 0 saturated carbocycles. The molecule has 2 aliphatic heterocycles. The number of amides is 1. The van der Waals surface area contributed by atoms with Crippen LogP contribution >= 0.6 is 0 Å². The molecule has 1 amide bonds. The number of nitrogens with one attached hydrogen (secondary N) is 1. The van der Waals surface area contributed by atoms with E-state index in [1.54, 1.807) is 41.3 Å². The standard InChI is InChI=1S/C28H36N2O4/c1-18(2)7-6-15-28(4)25(34-28)13-10-19(3)14-16-30-23-17-20(31)11-12-22(23)29-26-21(27(30)33)8-5-9-24(26)32/h5,7-9,11-12,17,19,25,29,31-32H,6,10,13-16H2,1-4H3. The van der Waals surface area contributed by atoms with Crippen LogP contribution in [0.4, 0.5) is 17.1 Å². The van der Waals surface area contributed by atoms with Crippen LogP contribution in [0.15, 0.2) is 48.0 Å². The second-order valence-electron chi connectivity index (χ2n) is 10.2. The van der Waals surface area contributed by atoms with Gasteiger partial charge in [-0.05, 0) is 83.1 Å². The second-order valence-corrected chi connectivity index (χ2v) is 10.2. The number of phenolic OH excluding ortho intramolecular Hbond substituents is 2. The molecular weight excluding hydrogens is 428 g/mol. The molecule has 6 heteroatoms. The van der Waals surface area contributed by atoms with Crippen LogP contribution in [0.1, 0.15) is 70.2 Å². The van der Waals surface area contributed by atoms with Crippen LogP contribution in [-0.4, -0.2) is 34.4 Å². The Labute approximate surface area is 202 Å². The fourth-order valence-corrected chi connectivity index (χ4v) is 4.76. The third-order valence-electron chi connectivity index (χ3n) is 7.05. The summed E-state index contributed by atoms with van der Waals surface area (Å²) in [4.78, 5) is 15.2. The molecule has 1 fully saturated rings. The fourth-order valence-electron chi connectivity index (χ4n) is 4.76. The number of epoxide rings is 1. The Hall–Kier alpha value is -2.99. The first kappa shape index (κ1) is 24.1. The van der Waals surface area contributed by atoms with Gasteiger partial charge in [0.25, 0.3) is 5.91 Å². The van der Waals surface area contributed by atoms with E-state index in [-0.39, 0.29) is 23.0 Å². The van der Waals surface area contributed by atoms with Crippen molar-refractivity contribution in [2.75, 3.05) is 16.8 Å². The van der Waals surface area contributed by atoms with Gasteiger partial charge in [-0.3, -0.25) is 4.79 Å². The Morgan fingerprint density at radius 1 is 1.24 bits per heavy atom. The molecule has 2 heterocycles. The number of hydrogen-bond donors (Lipinski definition) is 3. The molecule has 0 spiro atoms. The molecule has 34 heavy (non-hydrogen) atoms. The molecule has 0 radical (unpaired) electrons. The number of rotatable bonds is 9. The average Bonchev–Trinajstić information content (AvgIpc) is 3.46. The molecule has 3 atom stereocenters. The smallest absolute Gasteiger partial charge is 0.260 e. The summed E-state index contributed by atoms with van der Waals surface area (Å²) in [5.74, 6) is 0.351. The minimum atomic E-state index is -0.188. The number of para-hydroxylation sites is 1. The maximum Gasteiger partial charge on any atom is 0.260 e. The van der Waals surface area contributed by atoms with Crippen molar-refractivity contribution in [3.05, 3.63) is 53.6 Å². The van der Waals surface area contributed by atoms with Crippen molar-refractivity contribution < 1.29 is 19.7 Å². The molecular formula is C28H36N2O4. The third kappa shape index (κ3) is 5.22. The number of hydrogen-bond acceptors (Lipinski definition) is 5. The SMILES string of the molecule is CC(C)=CCCC1(C)OC1CCC(C)CCN1C(=O)c2cccc(O)c2Nc2ccc(O)cc21. The van der Waals surface area contributed by atoms with Crippen LogP contribution in [0.25, 0.3) is 0 Å². The van der Waals surface area contributed by atoms with E-state index in [4.69, 9.17) is 4.74 Å². The van der Waals surface area contributed by atoms with Gasteiger partial charge in [0.1, 0.15) is 11.5 Å². The van der Waals surface area contributed by atoms with Gasteiger partial charge in [0.05, 0.1) is 34.3 Å². The minimum Gasteiger partial charge on any atom is -0.508 e. The molecule has 4 rings (SSSR count). The lowest BCUT2D eigenvalue weighted by Crippen LogP contribution is -2.32. The van der Waals surface area contributed by atoms with Gasteiger partial charge >= 0.3 is 0 Å². The van der Waals surface area contributed by atoms with Crippen LogP contribution in [0.2, 0.25) is 0 Å². The number of allylic oxidation sites excluding steroid dienone is 2. The molecule has 0 aliphatic carbocycles. The molecule has 2 aliphatic rings. The van der Waals surface area contributed by atoms with Gasteiger partial charge < -0.3 is 25.2 Å². The fraction of sp³-hybridized carbons (Fsp3) is 0.464. The van der Waals surface area contributed by atoms with Crippen LogP contribution in [0.3, 0.4) is 0 Å². The lowest BCUT2D eigenvalue weighted by Gasteiger charge is -2.24.